The van der Waals surface area contributed by atoms with Gasteiger partial charge in [-0.2, -0.15) is 0 Å². The van der Waals surface area contributed by atoms with E-state index in [2.05, 4.69) is 6.07 Å². The molecule has 0 heterocycles. The van der Waals surface area contributed by atoms with Crippen LogP contribution in [-0.4, -0.2) is 13.7 Å². The van der Waals surface area contributed by atoms with E-state index in [0.29, 0.717) is 0 Å². The molecule has 0 saturated heterocycles. The monoisotopic (exact) mass is 278 g/mol. The van der Waals surface area contributed by atoms with Crippen molar-refractivity contribution in [2.75, 3.05) is 13.7 Å². The van der Waals surface area contributed by atoms with Crippen LogP contribution in [-0.2, 0) is 9.49 Å². The van der Waals surface area contributed by atoms with Gasteiger partial charge in [0.15, 0.2) is 0 Å². The van der Waals surface area contributed by atoms with Gasteiger partial charge in [0.1, 0.15) is 28.8 Å². The lowest BCUT2D eigenvalue weighted by molar-refractivity contribution is 0.411. The molecule has 3 heteroatoms. The number of hydrogen-bond donors (Lipinski definition) is 0. The second kappa shape index (κ2) is 5.37. The Morgan fingerprint density at radius 2 is 2.25 bits per heavy atom. The summed E-state index contributed by atoms with van der Waals surface area (Å²) in [6, 6.07) is 8.02. The van der Waals surface area contributed by atoms with Gasteiger partial charge in [-0.1, -0.05) is 12.1 Å². The van der Waals surface area contributed by atoms with E-state index in [9.17, 15) is 0 Å². The Balaban J connectivity index is 2.60. The molecule has 0 aliphatic carbocycles. The Morgan fingerprint density at radius 3 is 2.92 bits per heavy atom. The fourth-order valence-corrected chi connectivity index (χ4v) is 1.20. The van der Waals surface area contributed by atoms with E-state index < -0.39 is 0 Å². The van der Waals surface area contributed by atoms with Gasteiger partial charge in [-0.3, -0.25) is 0 Å². The molecule has 1 aromatic carbocycles. The van der Waals surface area contributed by atoms with Crippen LogP contribution in [0.5, 0.6) is 5.75 Å². The summed E-state index contributed by atoms with van der Waals surface area (Å²) in [4.78, 5) is 0. The first-order chi connectivity index (χ1) is 5.86. The van der Waals surface area contributed by atoms with Gasteiger partial charge in [0.2, 0.25) is 0 Å². The SMILES string of the molecule is COc1cccc(CCOI)c1. The summed E-state index contributed by atoms with van der Waals surface area (Å²) < 4.78 is 10.0. The van der Waals surface area contributed by atoms with Gasteiger partial charge in [0.05, 0.1) is 13.7 Å². The number of halogens is 1. The number of ether oxygens (including phenoxy) is 1. The van der Waals surface area contributed by atoms with Crippen LogP contribution in [0.15, 0.2) is 24.3 Å². The smallest absolute Gasteiger partial charge is 0.119 e. The highest BCUT2D eigenvalue weighted by Gasteiger charge is 1.94. The van der Waals surface area contributed by atoms with E-state index in [-0.39, 0.29) is 0 Å². The van der Waals surface area contributed by atoms with Crippen molar-refractivity contribution in [1.29, 1.82) is 0 Å². The van der Waals surface area contributed by atoms with E-state index in [1.165, 1.54) is 5.56 Å². The molecule has 0 spiro atoms. The molecule has 66 valence electrons. The van der Waals surface area contributed by atoms with Crippen LogP contribution in [0.25, 0.3) is 0 Å². The van der Waals surface area contributed by atoms with Crippen LogP contribution >= 0.6 is 23.0 Å². The highest BCUT2D eigenvalue weighted by Crippen LogP contribution is 2.12. The van der Waals surface area contributed by atoms with Crippen LogP contribution < -0.4 is 4.74 Å². The minimum atomic E-state index is 0.744. The van der Waals surface area contributed by atoms with Crippen molar-refractivity contribution in [2.45, 2.75) is 6.42 Å². The summed E-state index contributed by atoms with van der Waals surface area (Å²) in [6.45, 7) is 0.744. The number of methoxy groups -OCH3 is 1. The van der Waals surface area contributed by atoms with Crippen LogP contribution in [0.4, 0.5) is 0 Å². The molecule has 0 aliphatic heterocycles. The predicted molar refractivity (Wildman–Crippen MR) is 56.7 cm³/mol. The van der Waals surface area contributed by atoms with Crippen molar-refractivity contribution in [3.8, 4) is 5.75 Å². The van der Waals surface area contributed by atoms with Gasteiger partial charge in [0, 0.05) is 0 Å². The Hall–Kier alpha value is -0.290. The molecule has 12 heavy (non-hydrogen) atoms. The van der Waals surface area contributed by atoms with Crippen molar-refractivity contribution in [3.05, 3.63) is 29.8 Å². The molecule has 1 aromatic rings. The average molecular weight is 278 g/mol. The van der Waals surface area contributed by atoms with E-state index >= 15 is 0 Å². The van der Waals surface area contributed by atoms with Crippen LogP contribution in [0.2, 0.25) is 0 Å². The Labute approximate surface area is 86.6 Å². The van der Waals surface area contributed by atoms with Crippen molar-refractivity contribution in [3.63, 3.8) is 0 Å². The zero-order chi connectivity index (χ0) is 8.81. The zero-order valence-electron chi connectivity index (χ0n) is 6.92. The lowest BCUT2D eigenvalue weighted by Gasteiger charge is -2.02. The molecule has 1 rings (SSSR count). The minimum Gasteiger partial charge on any atom is -0.497 e. The summed E-state index contributed by atoms with van der Waals surface area (Å²) in [6.07, 6.45) is 0.931. The molecule has 0 atom stereocenters. The summed E-state index contributed by atoms with van der Waals surface area (Å²) >= 11 is 1.90. The third kappa shape index (κ3) is 2.98. The van der Waals surface area contributed by atoms with Gasteiger partial charge in [-0.15, -0.1) is 0 Å². The number of benzene rings is 1. The molecule has 0 N–H and O–H groups in total. The highest BCUT2D eigenvalue weighted by atomic mass is 127. The van der Waals surface area contributed by atoms with Crippen molar-refractivity contribution < 1.29 is 7.80 Å². The topological polar surface area (TPSA) is 18.5 Å². The first kappa shape index (κ1) is 9.80. The van der Waals surface area contributed by atoms with E-state index in [1.807, 2.05) is 41.2 Å². The molecule has 0 amide bonds. The maximum Gasteiger partial charge on any atom is 0.119 e. The predicted octanol–water partition coefficient (Wildman–Crippen LogP) is 2.60. The molecule has 0 saturated carbocycles. The van der Waals surface area contributed by atoms with E-state index in [1.54, 1.807) is 7.11 Å². The third-order valence-corrected chi connectivity index (χ3v) is 2.04. The van der Waals surface area contributed by atoms with Crippen molar-refractivity contribution >= 4 is 23.0 Å². The van der Waals surface area contributed by atoms with Gasteiger partial charge >= 0.3 is 0 Å². The maximum absolute atomic E-state index is 5.09. The lowest BCUT2D eigenvalue weighted by atomic mass is 10.1. The summed E-state index contributed by atoms with van der Waals surface area (Å²) in [5.74, 6) is 0.904. The normalized spacial score (nSPS) is 9.83. The molecule has 0 bridgehead atoms. The number of hydrogen-bond acceptors (Lipinski definition) is 2. The van der Waals surface area contributed by atoms with Gasteiger partial charge < -0.3 is 7.80 Å². The second-order valence-electron chi connectivity index (χ2n) is 2.41. The first-order valence-electron chi connectivity index (χ1n) is 3.73. The zero-order valence-corrected chi connectivity index (χ0v) is 9.08. The highest BCUT2D eigenvalue weighted by molar-refractivity contribution is 14.1. The number of rotatable bonds is 4. The Bertz CT molecular complexity index is 238. The second-order valence-corrected chi connectivity index (χ2v) is 3.04. The van der Waals surface area contributed by atoms with Crippen LogP contribution in [0.1, 0.15) is 5.56 Å². The van der Waals surface area contributed by atoms with Crippen LogP contribution in [0, 0.1) is 0 Å². The van der Waals surface area contributed by atoms with Crippen molar-refractivity contribution in [2.24, 2.45) is 0 Å². The quantitative estimate of drug-likeness (QED) is 0.788. The molecule has 0 radical (unpaired) electrons. The Kier molecular flexibility index (Phi) is 4.39. The summed E-state index contributed by atoms with van der Waals surface area (Å²) in [5, 5.41) is 0. The van der Waals surface area contributed by atoms with Crippen LogP contribution in [0.3, 0.4) is 0 Å². The van der Waals surface area contributed by atoms with Crippen molar-refractivity contribution in [1.82, 2.24) is 0 Å². The fraction of sp³-hybridized carbons (Fsp3) is 0.333. The first-order valence-corrected chi connectivity index (χ1v) is 4.61. The van der Waals surface area contributed by atoms with Gasteiger partial charge in [-0.05, 0) is 24.1 Å². The van der Waals surface area contributed by atoms with Gasteiger partial charge in [-0.25, -0.2) is 0 Å². The standard InChI is InChI=1S/C9H11IO2/c1-11-9-4-2-3-8(7-9)5-6-12-10/h2-4,7H,5-6H2,1H3. The summed E-state index contributed by atoms with van der Waals surface area (Å²) in [7, 11) is 1.67. The third-order valence-electron chi connectivity index (χ3n) is 1.60. The maximum atomic E-state index is 5.09. The molecule has 2 nitrogen and oxygen atoms in total. The Morgan fingerprint density at radius 1 is 1.42 bits per heavy atom. The molecule has 0 fully saturated rings. The average Bonchev–Trinajstić information content (AvgIpc) is 2.15. The molecular formula is C9H11IO2. The van der Waals surface area contributed by atoms with E-state index in [0.717, 1.165) is 18.8 Å². The summed E-state index contributed by atoms with van der Waals surface area (Å²) in [5.41, 5.74) is 1.24. The fourth-order valence-electron chi connectivity index (χ4n) is 0.984. The molecule has 0 unspecified atom stereocenters. The lowest BCUT2D eigenvalue weighted by Crippen LogP contribution is -1.92. The molecule has 0 aromatic heterocycles. The minimum absolute atomic E-state index is 0.744. The molecular weight excluding hydrogens is 267 g/mol. The molecule has 0 aliphatic rings. The largest absolute Gasteiger partial charge is 0.497 e. The van der Waals surface area contributed by atoms with E-state index in [4.69, 9.17) is 7.80 Å². The van der Waals surface area contributed by atoms with Gasteiger partial charge in [0.25, 0.3) is 0 Å².